The lowest BCUT2D eigenvalue weighted by Crippen LogP contribution is -2.44. The summed E-state index contributed by atoms with van der Waals surface area (Å²) in [5, 5.41) is 10.7. The fourth-order valence-electron chi connectivity index (χ4n) is 0.713. The lowest BCUT2D eigenvalue weighted by molar-refractivity contribution is -0.136. The topological polar surface area (TPSA) is 92.4 Å². The summed E-state index contributed by atoms with van der Waals surface area (Å²) >= 11 is 0. The van der Waals surface area contributed by atoms with E-state index in [9.17, 15) is 9.59 Å². The first-order chi connectivity index (χ1) is 5.95. The molecule has 0 heterocycles. The van der Waals surface area contributed by atoms with Crippen LogP contribution >= 0.6 is 12.4 Å². The third-order valence-electron chi connectivity index (χ3n) is 1.66. The zero-order valence-corrected chi connectivity index (χ0v) is 9.13. The average Bonchev–Trinajstić information content (AvgIpc) is 2.02. The zero-order valence-electron chi connectivity index (χ0n) is 8.32. The predicted molar refractivity (Wildman–Crippen MR) is 55.3 cm³/mol. The molecule has 0 saturated carbocycles. The van der Waals surface area contributed by atoms with Crippen LogP contribution in [0.5, 0.6) is 0 Å². The molecule has 1 atom stereocenters. The van der Waals surface area contributed by atoms with Gasteiger partial charge in [-0.1, -0.05) is 13.8 Å². The standard InChI is InChI=1S/C8H16N2O3.ClH/c1-5(2)7(9)8(13)10-4-3-6(11)12;/h5,7H,3-4,9H2,1-2H3,(H,10,13)(H,11,12);1H/t7-;/m0./s1. The lowest BCUT2D eigenvalue weighted by Gasteiger charge is -2.14. The number of hydrogen-bond donors (Lipinski definition) is 3. The van der Waals surface area contributed by atoms with Gasteiger partial charge in [0.1, 0.15) is 0 Å². The molecule has 0 unspecified atom stereocenters. The number of carboxylic acids is 1. The van der Waals surface area contributed by atoms with Gasteiger partial charge in [0, 0.05) is 6.54 Å². The largest absolute Gasteiger partial charge is 0.481 e. The fourth-order valence-corrected chi connectivity index (χ4v) is 0.713. The number of nitrogens with one attached hydrogen (secondary N) is 1. The van der Waals surface area contributed by atoms with Crippen molar-refractivity contribution in [2.45, 2.75) is 26.3 Å². The highest BCUT2D eigenvalue weighted by atomic mass is 35.5. The van der Waals surface area contributed by atoms with Crippen molar-refractivity contribution in [1.29, 1.82) is 0 Å². The summed E-state index contributed by atoms with van der Waals surface area (Å²) in [6.07, 6.45) is -0.0729. The molecule has 0 radical (unpaired) electrons. The Bertz CT molecular complexity index is 197. The van der Waals surface area contributed by atoms with Gasteiger partial charge in [-0.3, -0.25) is 9.59 Å². The third-order valence-corrected chi connectivity index (χ3v) is 1.66. The van der Waals surface area contributed by atoms with Crippen molar-refractivity contribution in [3.8, 4) is 0 Å². The number of carboxylic acid groups (broad SMARTS) is 1. The SMILES string of the molecule is CC(C)[C@H](N)C(=O)NCCC(=O)O.Cl. The number of amides is 1. The van der Waals surface area contributed by atoms with Crippen molar-refractivity contribution in [2.24, 2.45) is 11.7 Å². The number of aliphatic carboxylic acids is 1. The van der Waals surface area contributed by atoms with Gasteiger partial charge in [0.25, 0.3) is 0 Å². The summed E-state index contributed by atoms with van der Waals surface area (Å²) in [7, 11) is 0. The van der Waals surface area contributed by atoms with Crippen LogP contribution in [0.2, 0.25) is 0 Å². The first-order valence-electron chi connectivity index (χ1n) is 4.20. The second-order valence-electron chi connectivity index (χ2n) is 3.20. The van der Waals surface area contributed by atoms with Crippen molar-refractivity contribution < 1.29 is 14.7 Å². The molecule has 0 rings (SSSR count). The highest BCUT2D eigenvalue weighted by Gasteiger charge is 2.16. The first kappa shape index (κ1) is 15.7. The van der Waals surface area contributed by atoms with E-state index in [-0.39, 0.29) is 37.2 Å². The highest BCUT2D eigenvalue weighted by Crippen LogP contribution is 1.97. The van der Waals surface area contributed by atoms with Crippen molar-refractivity contribution in [3.05, 3.63) is 0 Å². The summed E-state index contributed by atoms with van der Waals surface area (Å²) in [6.45, 7) is 3.80. The van der Waals surface area contributed by atoms with Crippen LogP contribution in [0.15, 0.2) is 0 Å². The van der Waals surface area contributed by atoms with Gasteiger partial charge in [-0.2, -0.15) is 0 Å². The maximum atomic E-state index is 11.1. The van der Waals surface area contributed by atoms with Gasteiger partial charge in [-0.05, 0) is 5.92 Å². The van der Waals surface area contributed by atoms with Crippen molar-refractivity contribution >= 4 is 24.3 Å². The van der Waals surface area contributed by atoms with Crippen LogP contribution < -0.4 is 11.1 Å². The first-order valence-corrected chi connectivity index (χ1v) is 4.20. The van der Waals surface area contributed by atoms with E-state index in [0.717, 1.165) is 0 Å². The molecule has 4 N–H and O–H groups in total. The summed E-state index contributed by atoms with van der Waals surface area (Å²) < 4.78 is 0. The van der Waals surface area contributed by atoms with E-state index >= 15 is 0 Å². The van der Waals surface area contributed by atoms with Crippen LogP contribution in [0.25, 0.3) is 0 Å². The Labute approximate surface area is 89.5 Å². The van der Waals surface area contributed by atoms with Crippen LogP contribution in [0.1, 0.15) is 20.3 Å². The second-order valence-corrected chi connectivity index (χ2v) is 3.20. The molecule has 0 aromatic heterocycles. The van der Waals surface area contributed by atoms with Crippen LogP contribution in [-0.4, -0.2) is 29.6 Å². The molecule has 14 heavy (non-hydrogen) atoms. The Morgan fingerprint density at radius 1 is 1.43 bits per heavy atom. The molecule has 0 spiro atoms. The quantitative estimate of drug-likeness (QED) is 0.612. The zero-order chi connectivity index (χ0) is 10.4. The minimum Gasteiger partial charge on any atom is -0.481 e. The maximum Gasteiger partial charge on any atom is 0.305 e. The van der Waals surface area contributed by atoms with Crippen LogP contribution in [0.4, 0.5) is 0 Å². The van der Waals surface area contributed by atoms with Crippen molar-refractivity contribution in [3.63, 3.8) is 0 Å². The van der Waals surface area contributed by atoms with E-state index in [1.54, 1.807) is 0 Å². The molecule has 1 amide bonds. The van der Waals surface area contributed by atoms with E-state index in [0.29, 0.717) is 0 Å². The van der Waals surface area contributed by atoms with Gasteiger partial charge in [-0.25, -0.2) is 0 Å². The van der Waals surface area contributed by atoms with Crippen molar-refractivity contribution in [2.75, 3.05) is 6.54 Å². The lowest BCUT2D eigenvalue weighted by atomic mass is 10.1. The van der Waals surface area contributed by atoms with Crippen molar-refractivity contribution in [1.82, 2.24) is 5.32 Å². The third kappa shape index (κ3) is 6.68. The monoisotopic (exact) mass is 224 g/mol. The van der Waals surface area contributed by atoms with E-state index in [4.69, 9.17) is 10.8 Å². The summed E-state index contributed by atoms with van der Waals surface area (Å²) in [4.78, 5) is 21.2. The maximum absolute atomic E-state index is 11.1. The molecular formula is C8H17ClN2O3. The molecule has 6 heteroatoms. The molecule has 0 aliphatic rings. The molecule has 0 bridgehead atoms. The molecular weight excluding hydrogens is 208 g/mol. The molecule has 0 fully saturated rings. The number of halogens is 1. The summed E-state index contributed by atoms with van der Waals surface area (Å²) in [5.74, 6) is -1.17. The minimum absolute atomic E-state index is 0. The summed E-state index contributed by atoms with van der Waals surface area (Å²) in [6, 6.07) is -0.561. The number of rotatable bonds is 5. The average molecular weight is 225 g/mol. The Balaban J connectivity index is 0. The van der Waals surface area contributed by atoms with E-state index < -0.39 is 12.0 Å². The Hall–Kier alpha value is -0.810. The molecule has 0 aliphatic carbocycles. The molecule has 0 aromatic carbocycles. The van der Waals surface area contributed by atoms with Gasteiger partial charge in [-0.15, -0.1) is 12.4 Å². The van der Waals surface area contributed by atoms with Crippen LogP contribution in [0, 0.1) is 5.92 Å². The van der Waals surface area contributed by atoms with E-state index in [2.05, 4.69) is 5.32 Å². The molecule has 0 saturated heterocycles. The van der Waals surface area contributed by atoms with E-state index in [1.807, 2.05) is 13.8 Å². The summed E-state index contributed by atoms with van der Waals surface area (Å²) in [5.41, 5.74) is 5.52. The molecule has 84 valence electrons. The number of carbonyl (C=O) groups excluding carboxylic acids is 1. The van der Waals surface area contributed by atoms with Gasteiger partial charge >= 0.3 is 5.97 Å². The fraction of sp³-hybridized carbons (Fsp3) is 0.750. The minimum atomic E-state index is -0.932. The number of nitrogens with two attached hydrogens (primary N) is 1. The molecule has 0 aromatic rings. The van der Waals surface area contributed by atoms with Gasteiger partial charge in [0.05, 0.1) is 12.5 Å². The number of hydrogen-bond acceptors (Lipinski definition) is 3. The molecule has 0 aliphatic heterocycles. The van der Waals surface area contributed by atoms with Crippen LogP contribution in [-0.2, 0) is 9.59 Å². The van der Waals surface area contributed by atoms with Gasteiger partial charge < -0.3 is 16.2 Å². The Kier molecular flexibility index (Phi) is 8.48. The Morgan fingerprint density at radius 3 is 2.29 bits per heavy atom. The van der Waals surface area contributed by atoms with Gasteiger partial charge in [0.2, 0.25) is 5.91 Å². The van der Waals surface area contributed by atoms with Gasteiger partial charge in [0.15, 0.2) is 0 Å². The normalized spacial score (nSPS) is 11.7. The van der Waals surface area contributed by atoms with Crippen LogP contribution in [0.3, 0.4) is 0 Å². The molecule has 5 nitrogen and oxygen atoms in total. The Morgan fingerprint density at radius 2 is 1.93 bits per heavy atom. The smallest absolute Gasteiger partial charge is 0.305 e. The highest BCUT2D eigenvalue weighted by molar-refractivity contribution is 5.85. The number of carbonyl (C=O) groups is 2. The van der Waals surface area contributed by atoms with E-state index in [1.165, 1.54) is 0 Å². The second kappa shape index (κ2) is 7.58. The predicted octanol–water partition coefficient (Wildman–Crippen LogP) is -0.0176.